The van der Waals surface area contributed by atoms with Gasteiger partial charge in [0.15, 0.2) is 0 Å². The molecule has 0 aromatic carbocycles. The van der Waals surface area contributed by atoms with E-state index in [4.69, 9.17) is 10.5 Å². The number of hydrogen-bond donors (Lipinski definition) is 1. The molecule has 0 aromatic rings. The number of ether oxygens (including phenoxy) is 1. The molecule has 8 heteroatoms. The second kappa shape index (κ2) is 8.65. The molecule has 136 valence electrons. The molecule has 2 rings (SSSR count). The number of esters is 1. The second-order valence-corrected chi connectivity index (χ2v) is 8.63. The van der Waals surface area contributed by atoms with Gasteiger partial charge in [0, 0.05) is 18.6 Å². The maximum atomic E-state index is 13.1. The van der Waals surface area contributed by atoms with E-state index in [-0.39, 0.29) is 24.5 Å². The molecular weight excluding hydrogens is 340 g/mol. The fraction of sp³-hybridized carbons (Fsp3) is 0.933. The lowest BCUT2D eigenvalue weighted by molar-refractivity contribution is -0.146. The van der Waals surface area contributed by atoms with Crippen molar-refractivity contribution < 1.29 is 17.9 Å². The molecule has 1 saturated heterocycles. The van der Waals surface area contributed by atoms with Crippen LogP contribution in [0.25, 0.3) is 0 Å². The van der Waals surface area contributed by atoms with Crippen molar-refractivity contribution in [3.8, 4) is 0 Å². The number of hydrogen-bond acceptors (Lipinski definition) is 5. The van der Waals surface area contributed by atoms with Crippen LogP contribution in [0.1, 0.15) is 51.9 Å². The smallest absolute Gasteiger partial charge is 0.310 e. The zero-order valence-corrected chi connectivity index (χ0v) is 15.6. The predicted molar refractivity (Wildman–Crippen MR) is 91.9 cm³/mol. The highest BCUT2D eigenvalue weighted by atomic mass is 35.5. The average Bonchev–Trinajstić information content (AvgIpc) is 2.54. The Morgan fingerprint density at radius 2 is 1.78 bits per heavy atom. The molecule has 23 heavy (non-hydrogen) atoms. The van der Waals surface area contributed by atoms with E-state index in [2.05, 4.69) is 0 Å². The first kappa shape index (κ1) is 20.7. The molecule has 2 aliphatic rings. The largest absolute Gasteiger partial charge is 0.469 e. The number of carbonyl (C=O) groups excluding carboxylic acids is 1. The molecule has 1 aliphatic heterocycles. The monoisotopic (exact) mass is 368 g/mol. The minimum absolute atomic E-state index is 0. The van der Waals surface area contributed by atoms with Gasteiger partial charge in [0.1, 0.15) is 0 Å². The Morgan fingerprint density at radius 3 is 2.39 bits per heavy atom. The Morgan fingerprint density at radius 1 is 1.17 bits per heavy atom. The van der Waals surface area contributed by atoms with Gasteiger partial charge in [-0.2, -0.15) is 4.31 Å². The molecule has 1 heterocycles. The fourth-order valence-electron chi connectivity index (χ4n) is 3.82. The number of carbonyl (C=O) groups is 1. The third-order valence-electron chi connectivity index (χ3n) is 5.02. The normalized spacial score (nSPS) is 31.0. The number of halogens is 1. The zero-order chi connectivity index (χ0) is 16.3. The molecule has 2 N–H and O–H groups in total. The van der Waals surface area contributed by atoms with E-state index in [1.165, 1.54) is 7.11 Å². The summed E-state index contributed by atoms with van der Waals surface area (Å²) in [6, 6.07) is -0.353. The first-order chi connectivity index (χ1) is 10.4. The van der Waals surface area contributed by atoms with E-state index in [0.717, 1.165) is 32.1 Å². The highest BCUT2D eigenvalue weighted by molar-refractivity contribution is 7.89. The molecule has 0 radical (unpaired) electrons. The first-order valence-corrected chi connectivity index (χ1v) is 9.74. The minimum Gasteiger partial charge on any atom is -0.469 e. The molecule has 0 aromatic heterocycles. The van der Waals surface area contributed by atoms with Crippen molar-refractivity contribution in [2.24, 2.45) is 11.7 Å². The molecule has 1 aliphatic carbocycles. The summed E-state index contributed by atoms with van der Waals surface area (Å²) < 4.78 is 32.7. The Kier molecular flexibility index (Phi) is 7.77. The van der Waals surface area contributed by atoms with Gasteiger partial charge < -0.3 is 10.5 Å². The van der Waals surface area contributed by atoms with Gasteiger partial charge in [-0.05, 0) is 32.6 Å². The van der Waals surface area contributed by atoms with Gasteiger partial charge in [-0.15, -0.1) is 12.4 Å². The average molecular weight is 369 g/mol. The Bertz CT molecular complexity index is 498. The summed E-state index contributed by atoms with van der Waals surface area (Å²) in [6.45, 7) is 2.37. The van der Waals surface area contributed by atoms with Crippen molar-refractivity contribution in [1.82, 2.24) is 4.31 Å². The predicted octanol–water partition coefficient (Wildman–Crippen LogP) is 1.67. The van der Waals surface area contributed by atoms with Crippen LogP contribution >= 0.6 is 12.4 Å². The van der Waals surface area contributed by atoms with Gasteiger partial charge in [0.05, 0.1) is 18.3 Å². The highest BCUT2D eigenvalue weighted by Gasteiger charge is 2.45. The molecule has 0 bridgehead atoms. The summed E-state index contributed by atoms with van der Waals surface area (Å²) in [5, 5.41) is -0.659. The standard InChI is InChI=1S/C15H28N2O4S.ClH/c1-11(16)13-8-5-6-10-17(13)22(19,20)14-9-4-3-7-12(14)15(18)21-2;/h11-14H,3-10,16H2,1-2H3;1H. The van der Waals surface area contributed by atoms with E-state index in [1.807, 2.05) is 6.92 Å². The lowest BCUT2D eigenvalue weighted by Gasteiger charge is -2.41. The SMILES string of the molecule is COC(=O)C1CCCCC1S(=O)(=O)N1CCCCC1C(C)N.Cl. The summed E-state index contributed by atoms with van der Waals surface area (Å²) in [5.74, 6) is -0.943. The molecule has 2 fully saturated rings. The van der Waals surface area contributed by atoms with Gasteiger partial charge in [-0.3, -0.25) is 4.79 Å². The van der Waals surface area contributed by atoms with E-state index >= 15 is 0 Å². The van der Waals surface area contributed by atoms with Crippen molar-refractivity contribution in [1.29, 1.82) is 0 Å². The van der Waals surface area contributed by atoms with Gasteiger partial charge >= 0.3 is 5.97 Å². The molecule has 1 saturated carbocycles. The number of methoxy groups -OCH3 is 1. The van der Waals surface area contributed by atoms with Crippen LogP contribution in [0, 0.1) is 5.92 Å². The minimum atomic E-state index is -3.53. The Balaban J connectivity index is 0.00000264. The van der Waals surface area contributed by atoms with Crippen LogP contribution in [0.5, 0.6) is 0 Å². The topological polar surface area (TPSA) is 89.7 Å². The number of nitrogens with two attached hydrogens (primary N) is 1. The van der Waals surface area contributed by atoms with Gasteiger partial charge in [0.25, 0.3) is 0 Å². The fourth-order valence-corrected chi connectivity index (χ4v) is 6.35. The summed E-state index contributed by atoms with van der Waals surface area (Å²) in [7, 11) is -2.21. The van der Waals surface area contributed by atoms with Crippen LogP contribution in [0.4, 0.5) is 0 Å². The van der Waals surface area contributed by atoms with Crippen molar-refractivity contribution in [3.05, 3.63) is 0 Å². The first-order valence-electron chi connectivity index (χ1n) is 8.23. The van der Waals surface area contributed by atoms with Gasteiger partial charge in [-0.25, -0.2) is 8.42 Å². The van der Waals surface area contributed by atoms with Crippen LogP contribution in [0.3, 0.4) is 0 Å². The van der Waals surface area contributed by atoms with Gasteiger partial charge in [0.2, 0.25) is 10.0 Å². The third-order valence-corrected chi connectivity index (χ3v) is 7.46. The van der Waals surface area contributed by atoms with Crippen LogP contribution in [-0.4, -0.2) is 49.7 Å². The summed E-state index contributed by atoms with van der Waals surface area (Å²) in [6.07, 6.45) is 5.50. The maximum absolute atomic E-state index is 13.1. The highest BCUT2D eigenvalue weighted by Crippen LogP contribution is 2.35. The maximum Gasteiger partial charge on any atom is 0.310 e. The van der Waals surface area contributed by atoms with E-state index in [1.54, 1.807) is 4.31 Å². The number of sulfonamides is 1. The van der Waals surface area contributed by atoms with Crippen LogP contribution in [0.2, 0.25) is 0 Å². The van der Waals surface area contributed by atoms with Crippen molar-refractivity contribution >= 4 is 28.4 Å². The summed E-state index contributed by atoms with van der Waals surface area (Å²) >= 11 is 0. The third kappa shape index (κ3) is 4.38. The molecule has 6 nitrogen and oxygen atoms in total. The lowest BCUT2D eigenvalue weighted by Crippen LogP contribution is -2.56. The Hall–Kier alpha value is -0.370. The number of piperidine rings is 1. The molecule has 0 spiro atoms. The lowest BCUT2D eigenvalue weighted by atomic mass is 9.89. The molecular formula is C15H29ClN2O4S. The zero-order valence-electron chi connectivity index (χ0n) is 13.9. The number of nitrogens with zero attached hydrogens (tertiary/aromatic N) is 1. The van der Waals surface area contributed by atoms with Crippen LogP contribution in [0.15, 0.2) is 0 Å². The van der Waals surface area contributed by atoms with E-state index in [0.29, 0.717) is 19.4 Å². The molecule has 4 unspecified atom stereocenters. The number of rotatable bonds is 4. The van der Waals surface area contributed by atoms with Gasteiger partial charge in [-0.1, -0.05) is 19.3 Å². The van der Waals surface area contributed by atoms with Crippen LogP contribution < -0.4 is 5.73 Å². The van der Waals surface area contributed by atoms with Crippen LogP contribution in [-0.2, 0) is 19.6 Å². The van der Waals surface area contributed by atoms with Crippen molar-refractivity contribution in [2.45, 2.75) is 69.2 Å². The summed E-state index contributed by atoms with van der Waals surface area (Å²) in [4.78, 5) is 12.0. The quantitative estimate of drug-likeness (QED) is 0.762. The Labute approximate surface area is 145 Å². The second-order valence-electron chi connectivity index (χ2n) is 6.53. The molecule has 0 amide bonds. The van der Waals surface area contributed by atoms with E-state index in [9.17, 15) is 13.2 Å². The summed E-state index contributed by atoms with van der Waals surface area (Å²) in [5.41, 5.74) is 6.01. The molecule has 4 atom stereocenters. The van der Waals surface area contributed by atoms with Crippen molar-refractivity contribution in [2.75, 3.05) is 13.7 Å². The van der Waals surface area contributed by atoms with E-state index < -0.39 is 27.2 Å². The van der Waals surface area contributed by atoms with Crippen molar-refractivity contribution in [3.63, 3.8) is 0 Å².